The van der Waals surface area contributed by atoms with Crippen molar-refractivity contribution in [1.82, 2.24) is 5.32 Å². The van der Waals surface area contributed by atoms with E-state index in [1.54, 1.807) is 30.3 Å². The van der Waals surface area contributed by atoms with Crippen LogP contribution in [-0.4, -0.2) is 18.6 Å². The number of nitrogens with one attached hydrogen (secondary N) is 2. The molecular formula is C28H22N2O4. The Labute approximate surface area is 197 Å². The summed E-state index contributed by atoms with van der Waals surface area (Å²) < 4.78 is 10.7. The third kappa shape index (κ3) is 4.61. The number of anilines is 1. The quantitative estimate of drug-likeness (QED) is 0.420. The lowest BCUT2D eigenvalue weighted by atomic mass is 9.99. The molecule has 0 atom stereocenters. The first-order valence-electron chi connectivity index (χ1n) is 10.9. The van der Waals surface area contributed by atoms with Crippen molar-refractivity contribution in [3.8, 4) is 22.6 Å². The Morgan fingerprint density at radius 1 is 0.735 bits per heavy atom. The van der Waals surface area contributed by atoms with E-state index in [0.29, 0.717) is 34.9 Å². The topological polar surface area (TPSA) is 76.7 Å². The molecule has 0 saturated carbocycles. The highest BCUT2D eigenvalue weighted by Gasteiger charge is 2.15. The van der Waals surface area contributed by atoms with Crippen molar-refractivity contribution in [3.63, 3.8) is 0 Å². The molecule has 5 rings (SSSR count). The Morgan fingerprint density at radius 2 is 1.53 bits per heavy atom. The van der Waals surface area contributed by atoms with E-state index >= 15 is 0 Å². The number of hydrogen-bond donors (Lipinski definition) is 2. The van der Waals surface area contributed by atoms with Gasteiger partial charge in [0.2, 0.25) is 6.79 Å². The standard InChI is InChI=1S/C28H22N2O4/c31-27(29-17-19-13-14-25-26(15-19)34-18-33-25)21-9-6-10-22(16-21)30-28(32)24-12-5-4-11-23(24)20-7-2-1-3-8-20/h1-16H,17-18H2,(H,29,31)(H,30,32). The molecule has 0 radical (unpaired) electrons. The second-order valence-corrected chi connectivity index (χ2v) is 7.82. The lowest BCUT2D eigenvalue weighted by Gasteiger charge is -2.12. The highest BCUT2D eigenvalue weighted by atomic mass is 16.7. The number of benzene rings is 4. The first-order valence-corrected chi connectivity index (χ1v) is 10.9. The van der Waals surface area contributed by atoms with Gasteiger partial charge in [0.05, 0.1) is 0 Å². The van der Waals surface area contributed by atoms with Gasteiger partial charge in [-0.1, -0.05) is 60.7 Å². The van der Waals surface area contributed by atoms with Crippen LogP contribution in [0.15, 0.2) is 97.1 Å². The molecule has 1 aliphatic rings. The zero-order chi connectivity index (χ0) is 23.3. The van der Waals surface area contributed by atoms with Gasteiger partial charge in [0, 0.05) is 23.4 Å². The van der Waals surface area contributed by atoms with Crippen LogP contribution in [0.3, 0.4) is 0 Å². The van der Waals surface area contributed by atoms with Gasteiger partial charge < -0.3 is 20.1 Å². The first-order chi connectivity index (χ1) is 16.7. The van der Waals surface area contributed by atoms with Crippen molar-refractivity contribution < 1.29 is 19.1 Å². The van der Waals surface area contributed by atoms with Crippen molar-refractivity contribution in [1.29, 1.82) is 0 Å². The minimum Gasteiger partial charge on any atom is -0.454 e. The van der Waals surface area contributed by atoms with Gasteiger partial charge >= 0.3 is 0 Å². The molecular weight excluding hydrogens is 428 g/mol. The van der Waals surface area contributed by atoms with E-state index in [1.807, 2.05) is 66.7 Å². The fourth-order valence-electron chi connectivity index (χ4n) is 3.82. The molecule has 2 amide bonds. The lowest BCUT2D eigenvalue weighted by molar-refractivity contribution is 0.0949. The Balaban J connectivity index is 1.27. The number of fused-ring (bicyclic) bond motifs is 1. The van der Waals surface area contributed by atoms with E-state index in [0.717, 1.165) is 16.7 Å². The fourth-order valence-corrected chi connectivity index (χ4v) is 3.82. The number of carbonyl (C=O) groups excluding carboxylic acids is 2. The molecule has 0 aromatic heterocycles. The van der Waals surface area contributed by atoms with Crippen LogP contribution in [-0.2, 0) is 6.54 Å². The van der Waals surface area contributed by atoms with Crippen LogP contribution in [0.1, 0.15) is 26.3 Å². The highest BCUT2D eigenvalue weighted by Crippen LogP contribution is 2.32. The Hall–Kier alpha value is -4.58. The van der Waals surface area contributed by atoms with E-state index in [4.69, 9.17) is 9.47 Å². The molecule has 168 valence electrons. The van der Waals surface area contributed by atoms with Crippen LogP contribution in [0.5, 0.6) is 11.5 Å². The van der Waals surface area contributed by atoms with Crippen molar-refractivity contribution >= 4 is 17.5 Å². The molecule has 0 unspecified atom stereocenters. The van der Waals surface area contributed by atoms with E-state index in [1.165, 1.54) is 0 Å². The van der Waals surface area contributed by atoms with Crippen LogP contribution < -0.4 is 20.1 Å². The summed E-state index contributed by atoms with van der Waals surface area (Å²) in [5.41, 5.74) is 4.27. The molecule has 0 spiro atoms. The van der Waals surface area contributed by atoms with Gasteiger partial charge in [-0.15, -0.1) is 0 Å². The molecule has 6 heteroatoms. The molecule has 6 nitrogen and oxygen atoms in total. The second-order valence-electron chi connectivity index (χ2n) is 7.82. The van der Waals surface area contributed by atoms with E-state index in [9.17, 15) is 9.59 Å². The molecule has 0 aliphatic carbocycles. The molecule has 34 heavy (non-hydrogen) atoms. The van der Waals surface area contributed by atoms with Gasteiger partial charge in [-0.05, 0) is 53.1 Å². The molecule has 4 aromatic rings. The molecule has 0 saturated heterocycles. The number of carbonyl (C=O) groups is 2. The van der Waals surface area contributed by atoms with Crippen molar-refractivity contribution in [3.05, 3.63) is 114 Å². The zero-order valence-corrected chi connectivity index (χ0v) is 18.3. The van der Waals surface area contributed by atoms with Crippen LogP contribution in [0, 0.1) is 0 Å². The van der Waals surface area contributed by atoms with Gasteiger partial charge in [0.15, 0.2) is 11.5 Å². The maximum Gasteiger partial charge on any atom is 0.256 e. The first kappa shape index (κ1) is 21.3. The molecule has 0 fully saturated rings. The van der Waals surface area contributed by atoms with Crippen molar-refractivity contribution in [2.75, 3.05) is 12.1 Å². The number of rotatable bonds is 6. The third-order valence-corrected chi connectivity index (χ3v) is 5.53. The van der Waals surface area contributed by atoms with Crippen LogP contribution in [0.25, 0.3) is 11.1 Å². The summed E-state index contributed by atoms with van der Waals surface area (Å²) in [5, 5.41) is 5.82. The van der Waals surface area contributed by atoms with Crippen LogP contribution >= 0.6 is 0 Å². The Bertz CT molecular complexity index is 1350. The summed E-state index contributed by atoms with van der Waals surface area (Å²) in [6.07, 6.45) is 0. The van der Waals surface area contributed by atoms with Gasteiger partial charge in [-0.3, -0.25) is 9.59 Å². The number of hydrogen-bond acceptors (Lipinski definition) is 4. The SMILES string of the molecule is O=C(NCc1ccc2c(c1)OCO2)c1cccc(NC(=O)c2ccccc2-c2ccccc2)c1. The fraction of sp³-hybridized carbons (Fsp3) is 0.0714. The van der Waals surface area contributed by atoms with Crippen molar-refractivity contribution in [2.24, 2.45) is 0 Å². The maximum absolute atomic E-state index is 13.1. The molecule has 0 bridgehead atoms. The number of ether oxygens (including phenoxy) is 2. The van der Waals surface area contributed by atoms with Gasteiger partial charge in [0.1, 0.15) is 0 Å². The van der Waals surface area contributed by atoms with E-state index in [-0.39, 0.29) is 18.6 Å². The predicted octanol–water partition coefficient (Wildman–Crippen LogP) is 5.26. The predicted molar refractivity (Wildman–Crippen MR) is 130 cm³/mol. The molecule has 1 heterocycles. The summed E-state index contributed by atoms with van der Waals surface area (Å²) in [5.74, 6) is 0.899. The average Bonchev–Trinajstić information content (AvgIpc) is 3.36. The normalized spacial score (nSPS) is 11.6. The van der Waals surface area contributed by atoms with Gasteiger partial charge in [-0.25, -0.2) is 0 Å². The van der Waals surface area contributed by atoms with Gasteiger partial charge in [-0.2, -0.15) is 0 Å². The average molecular weight is 450 g/mol. The van der Waals surface area contributed by atoms with E-state index < -0.39 is 0 Å². The Morgan fingerprint density at radius 3 is 2.41 bits per heavy atom. The third-order valence-electron chi connectivity index (χ3n) is 5.53. The van der Waals surface area contributed by atoms with Crippen LogP contribution in [0.2, 0.25) is 0 Å². The minimum absolute atomic E-state index is 0.208. The zero-order valence-electron chi connectivity index (χ0n) is 18.3. The largest absolute Gasteiger partial charge is 0.454 e. The lowest BCUT2D eigenvalue weighted by Crippen LogP contribution is -2.23. The summed E-state index contributed by atoms with van der Waals surface area (Å²) in [6, 6.07) is 29.7. The van der Waals surface area contributed by atoms with Gasteiger partial charge in [0.25, 0.3) is 11.8 Å². The smallest absolute Gasteiger partial charge is 0.256 e. The Kier molecular flexibility index (Phi) is 5.95. The maximum atomic E-state index is 13.1. The molecule has 1 aliphatic heterocycles. The summed E-state index contributed by atoms with van der Waals surface area (Å²) in [7, 11) is 0. The summed E-state index contributed by atoms with van der Waals surface area (Å²) >= 11 is 0. The molecule has 2 N–H and O–H groups in total. The highest BCUT2D eigenvalue weighted by molar-refractivity contribution is 6.09. The summed E-state index contributed by atoms with van der Waals surface area (Å²) in [6.45, 7) is 0.552. The van der Waals surface area contributed by atoms with Crippen molar-refractivity contribution in [2.45, 2.75) is 6.54 Å². The van der Waals surface area contributed by atoms with Crippen LogP contribution in [0.4, 0.5) is 5.69 Å². The summed E-state index contributed by atoms with van der Waals surface area (Å²) in [4.78, 5) is 25.8. The molecule has 4 aromatic carbocycles. The second kappa shape index (κ2) is 9.50. The monoisotopic (exact) mass is 450 g/mol. The minimum atomic E-state index is -0.239. The van der Waals surface area contributed by atoms with E-state index in [2.05, 4.69) is 10.6 Å². The number of amides is 2.